The van der Waals surface area contributed by atoms with Crippen molar-refractivity contribution in [1.82, 2.24) is 20.3 Å². The molecule has 0 unspecified atom stereocenters. The second-order valence-corrected chi connectivity index (χ2v) is 6.69. The van der Waals surface area contributed by atoms with Gasteiger partial charge in [0.15, 0.2) is 11.6 Å². The Morgan fingerprint density at radius 3 is 2.19 bits per heavy atom. The minimum absolute atomic E-state index is 0.109. The summed E-state index contributed by atoms with van der Waals surface area (Å²) < 4.78 is 4.71. The van der Waals surface area contributed by atoms with Crippen LogP contribution in [0, 0.1) is 0 Å². The topological polar surface area (TPSA) is 88.8 Å². The Morgan fingerprint density at radius 1 is 0.952 bits per heavy atom. The highest BCUT2D eigenvalue weighted by atomic mass is 16.6. The Morgan fingerprint density at radius 2 is 1.57 bits per heavy atom. The van der Waals surface area contributed by atoms with Gasteiger partial charge in [-0.05, 0) is 43.9 Å². The molecule has 7 heteroatoms. The van der Waals surface area contributed by atoms with Crippen LogP contribution in [0.25, 0.3) is 11.3 Å². The van der Waals surface area contributed by atoms with Crippen LogP contribution in [0.2, 0.25) is 0 Å². The van der Waals surface area contributed by atoms with Gasteiger partial charge in [0, 0.05) is 11.6 Å². The molecule has 0 bridgehead atoms. The van der Waals surface area contributed by atoms with Crippen LogP contribution >= 0.6 is 0 Å². The number of hydrogen-bond acceptors (Lipinski definition) is 7. The summed E-state index contributed by atoms with van der Waals surface area (Å²) >= 11 is 0. The highest BCUT2D eigenvalue weighted by molar-refractivity contribution is 5.73. The van der Waals surface area contributed by atoms with E-state index in [1.807, 2.05) is 0 Å². The Kier molecular flexibility index (Phi) is 3.65. The van der Waals surface area contributed by atoms with Gasteiger partial charge in [-0.3, -0.25) is 0 Å². The average Bonchev–Trinajstić information content (AvgIpc) is 2.85. The summed E-state index contributed by atoms with van der Waals surface area (Å²) in [6.45, 7) is 6.26. The van der Waals surface area contributed by atoms with Gasteiger partial charge in [-0.25, -0.2) is 14.6 Å². The first-order chi connectivity index (χ1) is 10.0. The summed E-state index contributed by atoms with van der Waals surface area (Å²) in [6.07, 6.45) is 6.20. The first-order valence-electron chi connectivity index (χ1n) is 7.56. The Balaban J connectivity index is 1.91. The highest BCUT2D eigenvalue weighted by Gasteiger charge is 2.21. The lowest BCUT2D eigenvalue weighted by Gasteiger charge is -2.26. The van der Waals surface area contributed by atoms with Crippen molar-refractivity contribution in [3.05, 3.63) is 0 Å². The molecular weight excluding hydrogens is 268 g/mol. The molecular formula is C14H22N6O. The number of hydrogen-bond donors (Lipinski definition) is 2. The largest absolute Gasteiger partial charge is 0.364 e. The molecule has 0 atom stereocenters. The molecule has 0 amide bonds. The van der Waals surface area contributed by atoms with Gasteiger partial charge in [-0.2, -0.15) is 0 Å². The Bertz CT molecular complexity index is 611. The van der Waals surface area contributed by atoms with Gasteiger partial charge in [0.25, 0.3) is 0 Å². The van der Waals surface area contributed by atoms with Crippen LogP contribution in [0.4, 0.5) is 11.6 Å². The molecule has 114 valence electrons. The normalized spacial score (nSPS) is 17.1. The van der Waals surface area contributed by atoms with Crippen LogP contribution in [-0.4, -0.2) is 31.9 Å². The van der Waals surface area contributed by atoms with Crippen LogP contribution in [-0.2, 0) is 0 Å². The Labute approximate surface area is 123 Å². The van der Waals surface area contributed by atoms with Crippen LogP contribution in [0.3, 0.4) is 0 Å². The lowest BCUT2D eigenvalue weighted by atomic mass is 9.95. The van der Waals surface area contributed by atoms with Crippen molar-refractivity contribution >= 4 is 22.9 Å². The second kappa shape index (κ2) is 5.46. The molecule has 0 spiro atoms. The first-order valence-corrected chi connectivity index (χ1v) is 7.56. The predicted octanol–water partition coefficient (Wildman–Crippen LogP) is 2.97. The summed E-state index contributed by atoms with van der Waals surface area (Å²) in [6, 6.07) is 0.450. The van der Waals surface area contributed by atoms with Gasteiger partial charge in [0.05, 0.1) is 0 Å². The maximum atomic E-state index is 4.71. The van der Waals surface area contributed by atoms with Gasteiger partial charge in [0.2, 0.25) is 11.3 Å². The number of nitrogens with zero attached hydrogens (tertiary/aromatic N) is 4. The minimum atomic E-state index is -0.109. The average molecular weight is 290 g/mol. The van der Waals surface area contributed by atoms with Crippen LogP contribution in [0.15, 0.2) is 4.63 Å². The fourth-order valence-corrected chi connectivity index (χ4v) is 2.62. The SMILES string of the molecule is CC(C)(C)Nc1nc2nonc2nc1NC1CCCCC1. The van der Waals surface area contributed by atoms with Crippen molar-refractivity contribution in [2.24, 2.45) is 0 Å². The first kappa shape index (κ1) is 14.0. The van der Waals surface area contributed by atoms with Gasteiger partial charge >= 0.3 is 0 Å². The van der Waals surface area contributed by atoms with Crippen LogP contribution in [0.1, 0.15) is 52.9 Å². The van der Waals surface area contributed by atoms with Gasteiger partial charge in [0.1, 0.15) is 0 Å². The summed E-state index contributed by atoms with van der Waals surface area (Å²) in [7, 11) is 0. The zero-order valence-corrected chi connectivity index (χ0v) is 12.8. The van der Waals surface area contributed by atoms with E-state index in [9.17, 15) is 0 Å². The zero-order valence-electron chi connectivity index (χ0n) is 12.8. The molecule has 2 N–H and O–H groups in total. The molecule has 3 rings (SSSR count). The fourth-order valence-electron chi connectivity index (χ4n) is 2.62. The maximum Gasteiger partial charge on any atom is 0.245 e. The molecule has 0 radical (unpaired) electrons. The van der Waals surface area contributed by atoms with Gasteiger partial charge in [-0.15, -0.1) is 0 Å². The van der Waals surface area contributed by atoms with Crippen molar-refractivity contribution in [2.45, 2.75) is 64.5 Å². The number of aromatic nitrogens is 4. The number of nitrogens with one attached hydrogen (secondary N) is 2. The number of fused-ring (bicyclic) bond motifs is 1. The van der Waals surface area contributed by atoms with E-state index in [0.717, 1.165) is 5.82 Å². The third-order valence-electron chi connectivity index (χ3n) is 3.55. The molecule has 2 heterocycles. The summed E-state index contributed by atoms with van der Waals surface area (Å²) in [5.74, 6) is 1.44. The van der Waals surface area contributed by atoms with E-state index in [4.69, 9.17) is 4.63 Å². The second-order valence-electron chi connectivity index (χ2n) is 6.69. The quantitative estimate of drug-likeness (QED) is 0.898. The molecule has 0 aliphatic heterocycles. The van der Waals surface area contributed by atoms with Crippen molar-refractivity contribution in [3.63, 3.8) is 0 Å². The van der Waals surface area contributed by atoms with Crippen molar-refractivity contribution in [1.29, 1.82) is 0 Å². The van der Waals surface area contributed by atoms with Crippen molar-refractivity contribution in [2.75, 3.05) is 10.6 Å². The minimum Gasteiger partial charge on any atom is -0.364 e. The predicted molar refractivity (Wildman–Crippen MR) is 81.3 cm³/mol. The molecule has 1 saturated carbocycles. The molecule has 0 saturated heterocycles. The van der Waals surface area contributed by atoms with E-state index >= 15 is 0 Å². The highest BCUT2D eigenvalue weighted by Crippen LogP contribution is 2.27. The Hall–Kier alpha value is -1.92. The molecule has 1 aliphatic rings. The van der Waals surface area contributed by atoms with E-state index < -0.39 is 0 Å². The maximum absolute atomic E-state index is 4.71. The van der Waals surface area contributed by atoms with E-state index in [1.54, 1.807) is 0 Å². The fraction of sp³-hybridized carbons (Fsp3) is 0.714. The van der Waals surface area contributed by atoms with E-state index in [0.29, 0.717) is 23.2 Å². The lowest BCUT2D eigenvalue weighted by molar-refractivity contribution is 0.314. The van der Waals surface area contributed by atoms with E-state index in [1.165, 1.54) is 32.1 Å². The van der Waals surface area contributed by atoms with Crippen LogP contribution in [0.5, 0.6) is 0 Å². The smallest absolute Gasteiger partial charge is 0.245 e. The number of anilines is 2. The number of rotatable bonds is 3. The molecule has 1 fully saturated rings. The third kappa shape index (κ3) is 3.40. The molecule has 21 heavy (non-hydrogen) atoms. The lowest BCUT2D eigenvalue weighted by Crippen LogP contribution is -2.29. The van der Waals surface area contributed by atoms with Gasteiger partial charge < -0.3 is 10.6 Å². The zero-order chi connectivity index (χ0) is 14.9. The molecule has 2 aromatic heterocycles. The standard InChI is InChI=1S/C14H22N6O/c1-14(2,3)18-11-10(15-9-7-5-4-6-8-9)16-12-13(17-11)20-21-19-12/h9H,4-8H2,1-3H3,(H,15,16,19)(H,17,18,20). The summed E-state index contributed by atoms with van der Waals surface area (Å²) in [5.41, 5.74) is 0.756. The van der Waals surface area contributed by atoms with Crippen molar-refractivity contribution < 1.29 is 4.63 Å². The van der Waals surface area contributed by atoms with E-state index in [2.05, 4.69) is 51.7 Å². The summed E-state index contributed by atoms with van der Waals surface area (Å²) in [5, 5.41) is 14.4. The monoisotopic (exact) mass is 290 g/mol. The summed E-state index contributed by atoms with van der Waals surface area (Å²) in [4.78, 5) is 8.99. The third-order valence-corrected chi connectivity index (χ3v) is 3.55. The molecule has 1 aliphatic carbocycles. The van der Waals surface area contributed by atoms with Gasteiger partial charge in [-0.1, -0.05) is 19.3 Å². The van der Waals surface area contributed by atoms with Crippen molar-refractivity contribution in [3.8, 4) is 0 Å². The molecule has 2 aromatic rings. The molecule has 7 nitrogen and oxygen atoms in total. The van der Waals surface area contributed by atoms with Crippen LogP contribution < -0.4 is 10.6 Å². The molecule has 0 aromatic carbocycles. The van der Waals surface area contributed by atoms with E-state index in [-0.39, 0.29) is 5.54 Å².